The zero-order chi connectivity index (χ0) is 13.4. The molecule has 0 unspecified atom stereocenters. The first-order valence-corrected chi connectivity index (χ1v) is 7.18. The van der Waals surface area contributed by atoms with Crippen molar-refractivity contribution in [1.82, 2.24) is 0 Å². The number of thiophene rings is 1. The number of rotatable bonds is 2. The molecule has 0 atom stereocenters. The number of benzene rings is 1. The molecule has 0 bridgehead atoms. The van der Waals surface area contributed by atoms with Gasteiger partial charge in [0.25, 0.3) is 0 Å². The number of carbonyl (C=O) groups is 1. The largest absolute Gasteiger partial charge is 0.398 e. The first-order valence-electron chi connectivity index (χ1n) is 5.57. The summed E-state index contributed by atoms with van der Waals surface area (Å²) in [6, 6.07) is 5.60. The average molecular weight is 324 g/mol. The fourth-order valence-corrected chi connectivity index (χ4v) is 3.31. The maximum Gasteiger partial charge on any atom is 0.203 e. The van der Waals surface area contributed by atoms with Gasteiger partial charge in [-0.15, -0.1) is 11.3 Å². The van der Waals surface area contributed by atoms with Crippen LogP contribution < -0.4 is 5.73 Å². The lowest BCUT2D eigenvalue weighted by Gasteiger charge is -2.07. The van der Waals surface area contributed by atoms with Gasteiger partial charge in [0.2, 0.25) is 5.78 Å². The Bertz CT molecular complexity index is 611. The Hall–Kier alpha value is -1.13. The molecule has 0 saturated carbocycles. The first kappa shape index (κ1) is 13.3. The number of nitrogens with two attached hydrogens (primary N) is 1. The maximum atomic E-state index is 12.4. The minimum atomic E-state index is 0.0398. The highest BCUT2D eigenvalue weighted by Gasteiger charge is 2.16. The number of carbonyl (C=O) groups excluding carboxylic acids is 1. The molecule has 2 rings (SSSR count). The number of nitrogen functional groups attached to an aromatic ring is 1. The molecule has 1 aromatic carbocycles. The number of halogens is 1. The molecule has 0 spiro atoms. The van der Waals surface area contributed by atoms with E-state index >= 15 is 0 Å². The van der Waals surface area contributed by atoms with Gasteiger partial charge in [-0.3, -0.25) is 4.79 Å². The quantitative estimate of drug-likeness (QED) is 0.663. The van der Waals surface area contributed by atoms with Crippen LogP contribution in [0.15, 0.2) is 22.7 Å². The summed E-state index contributed by atoms with van der Waals surface area (Å²) in [5.41, 5.74) is 9.21. The molecule has 2 N–H and O–H groups in total. The molecule has 0 aliphatic carbocycles. The fraction of sp³-hybridized carbons (Fsp3) is 0.214. The monoisotopic (exact) mass is 323 g/mol. The predicted molar refractivity (Wildman–Crippen MR) is 80.5 cm³/mol. The lowest BCUT2D eigenvalue weighted by molar-refractivity contribution is 0.104. The van der Waals surface area contributed by atoms with Crippen LogP contribution >= 0.6 is 27.3 Å². The van der Waals surface area contributed by atoms with E-state index in [-0.39, 0.29) is 5.78 Å². The highest BCUT2D eigenvalue weighted by Crippen LogP contribution is 2.29. The van der Waals surface area contributed by atoms with Crippen LogP contribution in [-0.4, -0.2) is 5.78 Å². The summed E-state index contributed by atoms with van der Waals surface area (Å²) in [4.78, 5) is 14.3. The van der Waals surface area contributed by atoms with Gasteiger partial charge in [0, 0.05) is 20.6 Å². The molecular weight excluding hydrogens is 310 g/mol. The van der Waals surface area contributed by atoms with E-state index in [2.05, 4.69) is 15.9 Å². The molecule has 0 radical (unpaired) electrons. The average Bonchev–Trinajstić information content (AvgIpc) is 2.63. The summed E-state index contributed by atoms with van der Waals surface area (Å²) in [6.45, 7) is 5.87. The minimum Gasteiger partial charge on any atom is -0.398 e. The van der Waals surface area contributed by atoms with E-state index in [1.165, 1.54) is 11.3 Å². The highest BCUT2D eigenvalue weighted by atomic mass is 79.9. The summed E-state index contributed by atoms with van der Waals surface area (Å²) in [7, 11) is 0. The fourth-order valence-electron chi connectivity index (χ4n) is 1.82. The first-order chi connectivity index (χ1) is 8.40. The van der Waals surface area contributed by atoms with Crippen molar-refractivity contribution in [2.24, 2.45) is 0 Å². The van der Waals surface area contributed by atoms with Crippen molar-refractivity contribution < 1.29 is 4.79 Å². The normalized spacial score (nSPS) is 10.7. The number of anilines is 1. The van der Waals surface area contributed by atoms with Crippen LogP contribution in [0.1, 0.15) is 31.2 Å². The standard InChI is InChI=1S/C14H14BrNOS/c1-7-4-8(2)12(16)5-10(7)14(17)13-6-11(15)9(3)18-13/h4-6H,16H2,1-3H3. The Morgan fingerprint density at radius 2 is 1.83 bits per heavy atom. The van der Waals surface area contributed by atoms with Gasteiger partial charge in [0.15, 0.2) is 0 Å². The van der Waals surface area contributed by atoms with Crippen LogP contribution in [0, 0.1) is 20.8 Å². The SMILES string of the molecule is Cc1cc(C)c(C(=O)c2cc(Br)c(C)s2)cc1N. The molecule has 94 valence electrons. The number of aryl methyl sites for hydroxylation is 3. The second kappa shape index (κ2) is 4.86. The number of hydrogen-bond donors (Lipinski definition) is 1. The summed E-state index contributed by atoms with van der Waals surface area (Å²) in [6.07, 6.45) is 0. The van der Waals surface area contributed by atoms with Crippen molar-refractivity contribution in [2.75, 3.05) is 5.73 Å². The van der Waals surface area contributed by atoms with Crippen LogP contribution in [0.5, 0.6) is 0 Å². The van der Waals surface area contributed by atoms with Crippen LogP contribution in [0.2, 0.25) is 0 Å². The van der Waals surface area contributed by atoms with Crippen LogP contribution in [0.3, 0.4) is 0 Å². The molecule has 0 aliphatic heterocycles. The van der Waals surface area contributed by atoms with Gasteiger partial charge in [-0.25, -0.2) is 0 Å². The van der Waals surface area contributed by atoms with Gasteiger partial charge < -0.3 is 5.73 Å². The molecule has 0 saturated heterocycles. The summed E-state index contributed by atoms with van der Waals surface area (Å²) < 4.78 is 0.980. The van der Waals surface area contributed by atoms with E-state index in [4.69, 9.17) is 5.73 Å². The Kier molecular flexibility index (Phi) is 3.59. The van der Waals surface area contributed by atoms with E-state index in [0.29, 0.717) is 11.3 Å². The van der Waals surface area contributed by atoms with E-state index in [9.17, 15) is 4.79 Å². The summed E-state index contributed by atoms with van der Waals surface area (Å²) in [5.74, 6) is 0.0398. The van der Waals surface area contributed by atoms with Crippen LogP contribution in [-0.2, 0) is 0 Å². The molecule has 18 heavy (non-hydrogen) atoms. The smallest absolute Gasteiger partial charge is 0.203 e. The van der Waals surface area contributed by atoms with Crippen molar-refractivity contribution in [3.05, 3.63) is 49.1 Å². The molecule has 2 aromatic rings. The zero-order valence-electron chi connectivity index (χ0n) is 10.5. The van der Waals surface area contributed by atoms with Gasteiger partial charge in [-0.05, 0) is 60.0 Å². The Morgan fingerprint density at radius 3 is 2.39 bits per heavy atom. The number of hydrogen-bond acceptors (Lipinski definition) is 3. The minimum absolute atomic E-state index is 0.0398. The highest BCUT2D eigenvalue weighted by molar-refractivity contribution is 9.10. The topological polar surface area (TPSA) is 43.1 Å². The predicted octanol–water partition coefficient (Wildman–Crippen LogP) is 4.25. The molecule has 1 aromatic heterocycles. The Labute approximate surface area is 119 Å². The second-order valence-electron chi connectivity index (χ2n) is 4.37. The molecule has 4 heteroatoms. The molecule has 0 aliphatic rings. The van der Waals surface area contributed by atoms with Crippen LogP contribution in [0.25, 0.3) is 0 Å². The van der Waals surface area contributed by atoms with E-state index in [1.807, 2.05) is 32.9 Å². The van der Waals surface area contributed by atoms with Gasteiger partial charge in [0.1, 0.15) is 0 Å². The van der Waals surface area contributed by atoms with E-state index < -0.39 is 0 Å². The third kappa shape index (κ3) is 2.35. The van der Waals surface area contributed by atoms with Crippen molar-refractivity contribution in [3.63, 3.8) is 0 Å². The second-order valence-corrected chi connectivity index (χ2v) is 6.48. The lowest BCUT2D eigenvalue weighted by Crippen LogP contribution is -2.04. The molecular formula is C14H14BrNOS. The van der Waals surface area contributed by atoms with Gasteiger partial charge in [0.05, 0.1) is 4.88 Å². The van der Waals surface area contributed by atoms with Gasteiger partial charge in [-0.2, -0.15) is 0 Å². The van der Waals surface area contributed by atoms with Crippen molar-refractivity contribution in [2.45, 2.75) is 20.8 Å². The van der Waals surface area contributed by atoms with Crippen molar-refractivity contribution in [3.8, 4) is 0 Å². The number of ketones is 1. The van der Waals surface area contributed by atoms with Crippen molar-refractivity contribution in [1.29, 1.82) is 0 Å². The summed E-state index contributed by atoms with van der Waals surface area (Å²) >= 11 is 4.93. The summed E-state index contributed by atoms with van der Waals surface area (Å²) in [5, 5.41) is 0. The van der Waals surface area contributed by atoms with Crippen molar-refractivity contribution >= 4 is 38.7 Å². The Morgan fingerprint density at radius 1 is 1.17 bits per heavy atom. The molecule has 0 amide bonds. The third-order valence-corrected chi connectivity index (χ3v) is 5.07. The third-order valence-electron chi connectivity index (χ3n) is 2.94. The molecule has 1 heterocycles. The van der Waals surface area contributed by atoms with Gasteiger partial charge in [-0.1, -0.05) is 6.07 Å². The molecule has 0 fully saturated rings. The lowest BCUT2D eigenvalue weighted by atomic mass is 10.00. The molecule has 2 nitrogen and oxygen atoms in total. The van der Waals surface area contributed by atoms with E-state index in [0.717, 1.165) is 25.4 Å². The van der Waals surface area contributed by atoms with Gasteiger partial charge >= 0.3 is 0 Å². The Balaban J connectivity index is 2.49. The zero-order valence-corrected chi connectivity index (χ0v) is 12.9. The van der Waals surface area contributed by atoms with E-state index in [1.54, 1.807) is 6.07 Å². The van der Waals surface area contributed by atoms with Crippen LogP contribution in [0.4, 0.5) is 5.69 Å². The maximum absolute atomic E-state index is 12.4.